The molecule has 0 amide bonds. The standard InChI is InChI=1S/C10H14/c1-7-8(2)10(4)6-5-9(7,10)3/h5-6H,1-4H3. The molecule has 54 valence electrons. The fourth-order valence-electron chi connectivity index (χ4n) is 2.33. The number of hydrogen-bond donors (Lipinski definition) is 0. The first-order chi connectivity index (χ1) is 4.52. The summed E-state index contributed by atoms with van der Waals surface area (Å²) in [6.45, 7) is 9.16. The van der Waals surface area contributed by atoms with Crippen LogP contribution in [-0.2, 0) is 0 Å². The Morgan fingerprint density at radius 2 is 1.20 bits per heavy atom. The Kier molecular flexibility index (Phi) is 0.776. The fourth-order valence-corrected chi connectivity index (χ4v) is 2.33. The van der Waals surface area contributed by atoms with E-state index in [1.54, 1.807) is 11.1 Å². The van der Waals surface area contributed by atoms with Gasteiger partial charge in [0.05, 0.1) is 0 Å². The third-order valence-electron chi connectivity index (χ3n) is 3.95. The molecule has 0 aromatic carbocycles. The van der Waals surface area contributed by atoms with E-state index in [2.05, 4.69) is 39.8 Å². The lowest BCUT2D eigenvalue weighted by molar-refractivity contribution is 0.173. The van der Waals surface area contributed by atoms with Gasteiger partial charge in [-0.2, -0.15) is 0 Å². The lowest BCUT2D eigenvalue weighted by Crippen LogP contribution is -2.51. The van der Waals surface area contributed by atoms with Gasteiger partial charge in [0.15, 0.2) is 0 Å². The van der Waals surface area contributed by atoms with Gasteiger partial charge in [-0.15, -0.1) is 0 Å². The molecule has 0 nitrogen and oxygen atoms in total. The van der Waals surface area contributed by atoms with E-state index in [0.29, 0.717) is 10.8 Å². The van der Waals surface area contributed by atoms with Gasteiger partial charge < -0.3 is 0 Å². The quantitative estimate of drug-likeness (QED) is 0.447. The average molecular weight is 134 g/mol. The normalized spacial score (nSPS) is 50.0. The number of hydrogen-bond acceptors (Lipinski definition) is 0. The summed E-state index contributed by atoms with van der Waals surface area (Å²) in [5, 5.41) is 0. The van der Waals surface area contributed by atoms with Crippen LogP contribution < -0.4 is 0 Å². The van der Waals surface area contributed by atoms with E-state index in [9.17, 15) is 0 Å². The van der Waals surface area contributed by atoms with Gasteiger partial charge in [0, 0.05) is 10.8 Å². The zero-order chi connectivity index (χ0) is 7.57. The summed E-state index contributed by atoms with van der Waals surface area (Å²) in [6, 6.07) is 0. The Balaban J connectivity index is 2.55. The lowest BCUT2D eigenvalue weighted by Gasteiger charge is -2.61. The summed E-state index contributed by atoms with van der Waals surface area (Å²) >= 11 is 0. The van der Waals surface area contributed by atoms with Gasteiger partial charge in [-0.25, -0.2) is 0 Å². The van der Waals surface area contributed by atoms with Crippen LogP contribution in [0.4, 0.5) is 0 Å². The summed E-state index contributed by atoms with van der Waals surface area (Å²) in [5.41, 5.74) is 4.02. The molecule has 2 aliphatic carbocycles. The molecular formula is C10H14. The Morgan fingerprint density at radius 3 is 1.30 bits per heavy atom. The van der Waals surface area contributed by atoms with Crippen LogP contribution in [0.3, 0.4) is 0 Å². The molecule has 0 aromatic heterocycles. The van der Waals surface area contributed by atoms with Crippen molar-refractivity contribution in [2.45, 2.75) is 27.7 Å². The third-order valence-corrected chi connectivity index (χ3v) is 3.95. The number of fused-ring (bicyclic) bond motifs is 1. The van der Waals surface area contributed by atoms with Crippen LogP contribution in [-0.4, -0.2) is 0 Å². The van der Waals surface area contributed by atoms with Crippen molar-refractivity contribution in [1.29, 1.82) is 0 Å². The highest BCUT2D eigenvalue weighted by Gasteiger charge is 2.57. The molecule has 0 saturated heterocycles. The molecule has 0 aliphatic heterocycles. The van der Waals surface area contributed by atoms with Crippen LogP contribution >= 0.6 is 0 Å². The summed E-state index contributed by atoms with van der Waals surface area (Å²) in [4.78, 5) is 0. The highest BCUT2D eigenvalue weighted by atomic mass is 14.6. The molecule has 2 atom stereocenters. The minimum Gasteiger partial charge on any atom is -0.0765 e. The van der Waals surface area contributed by atoms with Crippen LogP contribution in [0.25, 0.3) is 0 Å². The molecular weight excluding hydrogens is 120 g/mol. The second-order valence-electron chi connectivity index (χ2n) is 3.99. The van der Waals surface area contributed by atoms with Gasteiger partial charge in [-0.3, -0.25) is 0 Å². The lowest BCUT2D eigenvalue weighted by atomic mass is 9.43. The smallest absolute Gasteiger partial charge is 0.0189 e. The maximum Gasteiger partial charge on any atom is 0.0189 e. The van der Waals surface area contributed by atoms with Crippen molar-refractivity contribution in [2.75, 3.05) is 0 Å². The van der Waals surface area contributed by atoms with Crippen molar-refractivity contribution < 1.29 is 0 Å². The van der Waals surface area contributed by atoms with Crippen LogP contribution in [0.1, 0.15) is 27.7 Å². The van der Waals surface area contributed by atoms with Crippen LogP contribution in [0.15, 0.2) is 23.3 Å². The van der Waals surface area contributed by atoms with Crippen molar-refractivity contribution >= 4 is 0 Å². The van der Waals surface area contributed by atoms with Crippen molar-refractivity contribution in [2.24, 2.45) is 10.8 Å². The van der Waals surface area contributed by atoms with Crippen LogP contribution in [0.2, 0.25) is 0 Å². The molecule has 0 radical (unpaired) electrons. The zero-order valence-electron chi connectivity index (χ0n) is 7.15. The molecule has 0 N–H and O–H groups in total. The highest BCUT2D eigenvalue weighted by molar-refractivity contribution is 5.54. The molecule has 2 aliphatic rings. The van der Waals surface area contributed by atoms with E-state index < -0.39 is 0 Å². The van der Waals surface area contributed by atoms with Crippen LogP contribution in [0, 0.1) is 10.8 Å². The fraction of sp³-hybridized carbons (Fsp3) is 0.600. The molecule has 0 bridgehead atoms. The zero-order valence-corrected chi connectivity index (χ0v) is 7.15. The van der Waals surface area contributed by atoms with E-state index in [1.165, 1.54) is 0 Å². The van der Waals surface area contributed by atoms with Crippen molar-refractivity contribution in [1.82, 2.24) is 0 Å². The monoisotopic (exact) mass is 134 g/mol. The minimum atomic E-state index is 0.428. The molecule has 0 fully saturated rings. The Hall–Kier alpha value is -0.520. The molecule has 0 spiro atoms. The summed E-state index contributed by atoms with van der Waals surface area (Å²) in [6.07, 6.45) is 4.66. The van der Waals surface area contributed by atoms with Crippen LogP contribution in [0.5, 0.6) is 0 Å². The maximum atomic E-state index is 2.33. The summed E-state index contributed by atoms with van der Waals surface area (Å²) in [7, 11) is 0. The Bertz CT molecular complexity index is 231. The molecule has 0 saturated carbocycles. The maximum absolute atomic E-state index is 2.33. The highest BCUT2D eigenvalue weighted by Crippen LogP contribution is 2.67. The van der Waals surface area contributed by atoms with Crippen molar-refractivity contribution in [3.8, 4) is 0 Å². The summed E-state index contributed by atoms with van der Waals surface area (Å²) in [5.74, 6) is 0. The molecule has 0 heterocycles. The summed E-state index contributed by atoms with van der Waals surface area (Å²) < 4.78 is 0. The molecule has 2 unspecified atom stereocenters. The molecule has 2 rings (SSSR count). The van der Waals surface area contributed by atoms with Gasteiger partial charge in [-0.05, 0) is 13.8 Å². The van der Waals surface area contributed by atoms with E-state index in [0.717, 1.165) is 0 Å². The third kappa shape index (κ3) is 0.317. The molecule has 0 heteroatoms. The Morgan fingerprint density at radius 1 is 0.900 bits per heavy atom. The average Bonchev–Trinajstić information content (AvgIpc) is 1.96. The second-order valence-corrected chi connectivity index (χ2v) is 3.99. The topological polar surface area (TPSA) is 0 Å². The van der Waals surface area contributed by atoms with E-state index >= 15 is 0 Å². The number of allylic oxidation sites excluding steroid dienone is 4. The number of rotatable bonds is 0. The van der Waals surface area contributed by atoms with Gasteiger partial charge in [0.2, 0.25) is 0 Å². The van der Waals surface area contributed by atoms with E-state index in [-0.39, 0.29) is 0 Å². The van der Waals surface area contributed by atoms with Gasteiger partial charge >= 0.3 is 0 Å². The van der Waals surface area contributed by atoms with E-state index in [1.807, 2.05) is 0 Å². The predicted molar refractivity (Wildman–Crippen MR) is 43.7 cm³/mol. The van der Waals surface area contributed by atoms with Crippen molar-refractivity contribution in [3.63, 3.8) is 0 Å². The first-order valence-corrected chi connectivity index (χ1v) is 3.91. The predicted octanol–water partition coefficient (Wildman–Crippen LogP) is 2.92. The van der Waals surface area contributed by atoms with Gasteiger partial charge in [0.25, 0.3) is 0 Å². The second kappa shape index (κ2) is 1.25. The largest absolute Gasteiger partial charge is 0.0765 e. The van der Waals surface area contributed by atoms with Crippen molar-refractivity contribution in [3.05, 3.63) is 23.3 Å². The van der Waals surface area contributed by atoms with Gasteiger partial charge in [-0.1, -0.05) is 37.1 Å². The first-order valence-electron chi connectivity index (χ1n) is 3.91. The van der Waals surface area contributed by atoms with Gasteiger partial charge in [0.1, 0.15) is 0 Å². The Labute approximate surface area is 62.6 Å². The minimum absolute atomic E-state index is 0.428. The van der Waals surface area contributed by atoms with E-state index in [4.69, 9.17) is 0 Å². The first kappa shape index (κ1) is 6.21. The SMILES string of the molecule is CC1=C(C)C2(C)C=CC12C. The molecule has 10 heavy (non-hydrogen) atoms. The molecule has 0 aromatic rings.